The lowest BCUT2D eigenvalue weighted by Gasteiger charge is -2.38. The number of piperidine rings is 1. The summed E-state index contributed by atoms with van der Waals surface area (Å²) in [5.41, 5.74) is 0.927. The molecule has 3 aromatic carbocycles. The topological polar surface area (TPSA) is 99.8 Å². The number of hydrogen-bond acceptors (Lipinski definition) is 6. The number of nitrogens with one attached hydrogen (secondary N) is 3. The zero-order chi connectivity index (χ0) is 34.6. The Kier molecular flexibility index (Phi) is 12.3. The highest BCUT2D eigenvalue weighted by molar-refractivity contribution is 7.92. The summed E-state index contributed by atoms with van der Waals surface area (Å²) in [6, 6.07) is 12.5. The molecule has 8 nitrogen and oxygen atoms in total. The number of carbonyl (C=O) groups excluding carboxylic acids is 1. The van der Waals surface area contributed by atoms with Crippen molar-refractivity contribution in [2.24, 2.45) is 0 Å². The van der Waals surface area contributed by atoms with Crippen molar-refractivity contribution in [3.05, 3.63) is 84.2 Å². The van der Waals surface area contributed by atoms with E-state index in [-0.39, 0.29) is 44.0 Å². The van der Waals surface area contributed by atoms with Crippen molar-refractivity contribution in [2.45, 2.75) is 49.5 Å². The van der Waals surface area contributed by atoms with Gasteiger partial charge in [0.25, 0.3) is 0 Å². The minimum Gasteiger partial charge on any atom is -0.457 e. The van der Waals surface area contributed by atoms with Crippen LogP contribution < -0.4 is 20.1 Å². The van der Waals surface area contributed by atoms with Crippen LogP contribution in [0, 0.1) is 5.82 Å². The fourth-order valence-corrected chi connectivity index (χ4v) is 5.38. The van der Waals surface area contributed by atoms with Crippen LogP contribution in [0.1, 0.15) is 18.4 Å². The van der Waals surface area contributed by atoms with Crippen molar-refractivity contribution in [2.75, 3.05) is 29.4 Å². The second-order valence-corrected chi connectivity index (χ2v) is 12.7. The summed E-state index contributed by atoms with van der Waals surface area (Å²) in [6.45, 7) is 0.893. The third-order valence-electron chi connectivity index (χ3n) is 7.22. The molecular weight excluding hydrogens is 700 g/mol. The quantitative estimate of drug-likeness (QED) is 0.177. The molecule has 0 saturated carbocycles. The summed E-state index contributed by atoms with van der Waals surface area (Å²) in [5.74, 6) is -14.1. The van der Waals surface area contributed by atoms with Gasteiger partial charge < -0.3 is 10.1 Å². The molecule has 3 aromatic rings. The fourth-order valence-electron chi connectivity index (χ4n) is 4.82. The summed E-state index contributed by atoms with van der Waals surface area (Å²) < 4.78 is 141. The van der Waals surface area contributed by atoms with Gasteiger partial charge in [-0.05, 0) is 92.2 Å². The lowest BCUT2D eigenvalue weighted by Crippen LogP contribution is -2.66. The Morgan fingerprint density at radius 3 is 1.85 bits per heavy atom. The zero-order valence-corrected chi connectivity index (χ0v) is 26.7. The molecule has 1 unspecified atom stereocenters. The van der Waals surface area contributed by atoms with E-state index in [2.05, 4.69) is 4.72 Å². The van der Waals surface area contributed by atoms with Gasteiger partial charge in [0.05, 0.1) is 6.26 Å². The third kappa shape index (κ3) is 9.93. The molecule has 0 bridgehead atoms. The molecule has 0 spiro atoms. The Morgan fingerprint density at radius 1 is 0.854 bits per heavy atom. The Balaban J connectivity index is 0.00000625. The van der Waals surface area contributed by atoms with Crippen LogP contribution in [-0.2, 0) is 21.4 Å². The van der Waals surface area contributed by atoms with E-state index in [9.17, 15) is 48.3 Å². The van der Waals surface area contributed by atoms with Crippen LogP contribution in [-0.4, -0.2) is 68.7 Å². The first kappa shape index (κ1) is 38.8. The average molecular weight is 731 g/mol. The maximum absolute atomic E-state index is 14.8. The van der Waals surface area contributed by atoms with Gasteiger partial charge in [-0.15, -0.1) is 12.4 Å². The number of likely N-dealkylation sites (tertiary alicyclic amines) is 1. The monoisotopic (exact) mass is 730 g/mol. The average Bonchev–Trinajstić information content (AvgIpc) is 2.98. The van der Waals surface area contributed by atoms with Crippen LogP contribution in [0.5, 0.6) is 11.5 Å². The molecule has 1 amide bonds. The smallest absolute Gasteiger partial charge is 0.457 e. The first-order chi connectivity index (χ1) is 21.8. The van der Waals surface area contributed by atoms with Crippen LogP contribution >= 0.6 is 12.4 Å². The fraction of sp³-hybridized carbons (Fsp3) is 0.367. The van der Waals surface area contributed by atoms with E-state index in [0.717, 1.165) is 36.1 Å². The minimum absolute atomic E-state index is 0. The molecule has 264 valence electrons. The van der Waals surface area contributed by atoms with E-state index < -0.39 is 51.9 Å². The van der Waals surface area contributed by atoms with Crippen molar-refractivity contribution < 1.29 is 53.1 Å². The Hall–Kier alpha value is -3.67. The number of ether oxygens (including phenoxy) is 1. The van der Waals surface area contributed by atoms with Gasteiger partial charge >= 0.3 is 18.0 Å². The molecule has 1 saturated heterocycles. The van der Waals surface area contributed by atoms with Crippen molar-refractivity contribution >= 4 is 39.7 Å². The minimum atomic E-state index is -6.64. The van der Waals surface area contributed by atoms with E-state index in [1.165, 1.54) is 12.1 Å². The maximum atomic E-state index is 14.8. The van der Waals surface area contributed by atoms with Gasteiger partial charge in [0, 0.05) is 24.0 Å². The molecular formula is C30H31ClF8N4O4S. The molecule has 1 atom stereocenters. The second kappa shape index (κ2) is 15.3. The number of sulfonamides is 1. The number of carbonyl (C=O) groups is 1. The predicted octanol–water partition coefficient (Wildman–Crippen LogP) is 6.81. The number of rotatable bonds is 12. The highest BCUT2D eigenvalue weighted by Crippen LogP contribution is 2.48. The van der Waals surface area contributed by atoms with Gasteiger partial charge in [0.15, 0.2) is 6.04 Å². The van der Waals surface area contributed by atoms with Crippen LogP contribution in [0.3, 0.4) is 0 Å². The van der Waals surface area contributed by atoms with Crippen molar-refractivity contribution in [3.8, 4) is 11.5 Å². The summed E-state index contributed by atoms with van der Waals surface area (Å²) in [5, 5.41) is 3.91. The first-order valence-electron chi connectivity index (χ1n) is 14.1. The van der Waals surface area contributed by atoms with Crippen LogP contribution in [0.25, 0.3) is 0 Å². The molecule has 0 aromatic heterocycles. The largest absolute Gasteiger partial charge is 0.459 e. The highest BCUT2D eigenvalue weighted by Gasteiger charge is 2.76. The molecule has 1 fully saturated rings. The standard InChI is InChI=1S/C30H30F8N4O4S.ClH/c1-47(44,45)41-23-8-12-25(13-9-23)46-24-10-2-19(3-11-24)18-42-16-14-22(15-17-42)39-26(28(32,33)29(34,35)30(36,37)38)27(43)40-21-6-4-20(31)5-7-21;/h2-13,22,26,39,41H,14-18H2,1H3,(H,40,43);1H. The van der Waals surface area contributed by atoms with Crippen molar-refractivity contribution in [1.29, 1.82) is 0 Å². The lowest BCUT2D eigenvalue weighted by atomic mass is 9.97. The number of benzene rings is 3. The van der Waals surface area contributed by atoms with E-state index in [1.54, 1.807) is 36.4 Å². The summed E-state index contributed by atoms with van der Waals surface area (Å²) in [6.07, 6.45) is -5.50. The number of anilines is 2. The number of alkyl halides is 7. The number of nitrogens with zero attached hydrogens (tertiary/aromatic N) is 1. The van der Waals surface area contributed by atoms with Gasteiger partial charge in [-0.1, -0.05) is 12.1 Å². The normalized spacial score (nSPS) is 15.7. The maximum Gasteiger partial charge on any atom is 0.459 e. The Morgan fingerprint density at radius 2 is 1.35 bits per heavy atom. The molecule has 4 rings (SSSR count). The molecule has 1 heterocycles. The van der Waals surface area contributed by atoms with Gasteiger partial charge in [0.1, 0.15) is 17.3 Å². The van der Waals surface area contributed by atoms with Crippen molar-refractivity contribution in [3.63, 3.8) is 0 Å². The van der Waals surface area contributed by atoms with Gasteiger partial charge in [0.2, 0.25) is 15.9 Å². The Labute approximate surface area is 277 Å². The molecule has 1 aliphatic rings. The third-order valence-corrected chi connectivity index (χ3v) is 7.83. The zero-order valence-electron chi connectivity index (χ0n) is 25.0. The second-order valence-electron chi connectivity index (χ2n) is 11.0. The van der Waals surface area contributed by atoms with Crippen LogP contribution in [0.2, 0.25) is 0 Å². The van der Waals surface area contributed by atoms with Crippen LogP contribution in [0.4, 0.5) is 46.5 Å². The van der Waals surface area contributed by atoms with E-state index in [0.29, 0.717) is 23.7 Å². The van der Waals surface area contributed by atoms with E-state index in [4.69, 9.17) is 4.74 Å². The molecule has 18 heteroatoms. The van der Waals surface area contributed by atoms with Gasteiger partial charge in [-0.3, -0.25) is 19.7 Å². The number of halogens is 9. The lowest BCUT2D eigenvalue weighted by molar-refractivity contribution is -0.358. The summed E-state index contributed by atoms with van der Waals surface area (Å²) in [7, 11) is -3.43. The summed E-state index contributed by atoms with van der Waals surface area (Å²) >= 11 is 0. The molecule has 48 heavy (non-hydrogen) atoms. The predicted molar refractivity (Wildman–Crippen MR) is 165 cm³/mol. The van der Waals surface area contributed by atoms with Gasteiger partial charge in [-0.25, -0.2) is 12.8 Å². The first-order valence-corrected chi connectivity index (χ1v) is 15.9. The molecule has 1 aliphatic heterocycles. The number of hydrogen-bond donors (Lipinski definition) is 3. The highest BCUT2D eigenvalue weighted by atomic mass is 35.5. The SMILES string of the molecule is CS(=O)(=O)Nc1ccc(Oc2ccc(CN3CCC(NC(C(=O)Nc4ccc(F)cc4)C(F)(F)C(F)(F)C(F)(F)F)CC3)cc2)cc1.Cl. The molecule has 0 radical (unpaired) electrons. The Bertz CT molecular complexity index is 1620. The molecule has 0 aliphatic carbocycles. The summed E-state index contributed by atoms with van der Waals surface area (Å²) in [4.78, 5) is 14.6. The van der Waals surface area contributed by atoms with E-state index >= 15 is 0 Å². The van der Waals surface area contributed by atoms with Crippen molar-refractivity contribution in [1.82, 2.24) is 10.2 Å². The number of amides is 1. The van der Waals surface area contributed by atoms with E-state index in [1.807, 2.05) is 15.5 Å². The van der Waals surface area contributed by atoms with Gasteiger partial charge in [-0.2, -0.15) is 30.7 Å². The van der Waals surface area contributed by atoms with Crippen LogP contribution in [0.15, 0.2) is 72.8 Å². The molecule has 3 N–H and O–H groups in total.